The fourth-order valence-electron chi connectivity index (χ4n) is 3.83. The largest absolute Gasteiger partial charge is 0.340 e. The number of rotatable bonds is 3. The van der Waals surface area contributed by atoms with Crippen LogP contribution in [0.4, 0.5) is 5.95 Å². The molecule has 6 heteroatoms. The van der Waals surface area contributed by atoms with Crippen molar-refractivity contribution < 1.29 is 0 Å². The number of aromatic nitrogens is 3. The quantitative estimate of drug-likeness (QED) is 0.872. The van der Waals surface area contributed by atoms with E-state index in [1.807, 2.05) is 0 Å². The molecule has 2 fully saturated rings. The lowest BCUT2D eigenvalue weighted by Crippen LogP contribution is -2.46. The summed E-state index contributed by atoms with van der Waals surface area (Å²) in [5.41, 5.74) is 0. The fraction of sp³-hybridized carbons (Fsp3) is 0.867. The number of piperidine rings is 1. The van der Waals surface area contributed by atoms with Crippen molar-refractivity contribution in [3.05, 3.63) is 4.77 Å². The molecular weight excluding hydrogens is 282 g/mol. The molecule has 1 aromatic rings. The van der Waals surface area contributed by atoms with Crippen LogP contribution in [-0.2, 0) is 0 Å². The molecule has 1 unspecified atom stereocenters. The molecule has 1 saturated carbocycles. The van der Waals surface area contributed by atoms with Crippen LogP contribution in [0, 0.1) is 4.77 Å². The zero-order valence-electron chi connectivity index (χ0n) is 13.2. The van der Waals surface area contributed by atoms with Crippen LogP contribution in [0.15, 0.2) is 0 Å². The van der Waals surface area contributed by atoms with Crippen LogP contribution in [0.2, 0.25) is 0 Å². The normalized spacial score (nSPS) is 25.1. The van der Waals surface area contributed by atoms with Crippen molar-refractivity contribution >= 4 is 18.2 Å². The molecule has 1 N–H and O–H groups in total. The van der Waals surface area contributed by atoms with Gasteiger partial charge in [0.25, 0.3) is 0 Å². The SMILES string of the molecule is CN1CCCC(N(C)c2n[nH]c(=S)n2C2CCCCC2)C1. The molecule has 0 bridgehead atoms. The second kappa shape index (κ2) is 6.48. The number of hydrogen-bond acceptors (Lipinski definition) is 4. The number of anilines is 1. The number of nitrogens with one attached hydrogen (secondary N) is 1. The Labute approximate surface area is 132 Å². The first kappa shape index (κ1) is 15.0. The Morgan fingerprint density at radius 3 is 2.67 bits per heavy atom. The Hall–Kier alpha value is -0.880. The Morgan fingerprint density at radius 1 is 1.19 bits per heavy atom. The van der Waals surface area contributed by atoms with E-state index in [4.69, 9.17) is 12.2 Å². The molecule has 2 heterocycles. The van der Waals surface area contributed by atoms with Gasteiger partial charge in [0.15, 0.2) is 4.77 Å². The minimum Gasteiger partial charge on any atom is -0.340 e. The van der Waals surface area contributed by atoms with Gasteiger partial charge in [0.1, 0.15) is 0 Å². The molecule has 1 atom stereocenters. The number of aromatic amines is 1. The molecule has 1 aliphatic carbocycles. The first-order valence-corrected chi connectivity index (χ1v) is 8.66. The van der Waals surface area contributed by atoms with Gasteiger partial charge in [-0.05, 0) is 51.5 Å². The summed E-state index contributed by atoms with van der Waals surface area (Å²) in [6.45, 7) is 2.32. The highest BCUT2D eigenvalue weighted by Crippen LogP contribution is 2.32. The van der Waals surface area contributed by atoms with Gasteiger partial charge >= 0.3 is 0 Å². The van der Waals surface area contributed by atoms with Gasteiger partial charge in [-0.25, -0.2) is 5.10 Å². The minimum atomic E-state index is 0.531. The lowest BCUT2D eigenvalue weighted by molar-refractivity contribution is 0.245. The molecule has 0 spiro atoms. The summed E-state index contributed by atoms with van der Waals surface area (Å²) < 4.78 is 3.07. The third-order valence-electron chi connectivity index (χ3n) is 5.09. The highest BCUT2D eigenvalue weighted by atomic mass is 32.1. The summed E-state index contributed by atoms with van der Waals surface area (Å²) >= 11 is 5.51. The molecule has 1 aliphatic heterocycles. The van der Waals surface area contributed by atoms with Gasteiger partial charge < -0.3 is 9.80 Å². The number of likely N-dealkylation sites (tertiary alicyclic amines) is 1. The van der Waals surface area contributed by atoms with Crippen LogP contribution in [0.3, 0.4) is 0 Å². The summed E-state index contributed by atoms with van der Waals surface area (Å²) in [5.74, 6) is 1.03. The first-order valence-electron chi connectivity index (χ1n) is 8.25. The Kier molecular flexibility index (Phi) is 4.64. The van der Waals surface area contributed by atoms with Crippen molar-refractivity contribution in [2.45, 2.75) is 57.0 Å². The topological polar surface area (TPSA) is 40.1 Å². The molecule has 118 valence electrons. The molecule has 0 radical (unpaired) electrons. The van der Waals surface area contributed by atoms with Gasteiger partial charge in [0.2, 0.25) is 5.95 Å². The van der Waals surface area contributed by atoms with E-state index in [0.717, 1.165) is 17.3 Å². The summed E-state index contributed by atoms with van der Waals surface area (Å²) in [6, 6.07) is 1.07. The summed E-state index contributed by atoms with van der Waals surface area (Å²) in [4.78, 5) is 4.76. The second-order valence-electron chi connectivity index (χ2n) is 6.66. The maximum Gasteiger partial charge on any atom is 0.226 e. The van der Waals surface area contributed by atoms with Gasteiger partial charge in [0, 0.05) is 25.7 Å². The maximum atomic E-state index is 5.51. The highest BCUT2D eigenvalue weighted by molar-refractivity contribution is 7.71. The molecule has 0 amide bonds. The van der Waals surface area contributed by atoms with E-state index < -0.39 is 0 Å². The molecule has 21 heavy (non-hydrogen) atoms. The molecule has 1 aromatic heterocycles. The first-order chi connectivity index (χ1) is 10.2. The van der Waals surface area contributed by atoms with Crippen LogP contribution in [0.5, 0.6) is 0 Å². The summed E-state index contributed by atoms with van der Waals surface area (Å²) in [6.07, 6.45) is 8.96. The van der Waals surface area contributed by atoms with Crippen LogP contribution < -0.4 is 4.90 Å². The average Bonchev–Trinajstić information content (AvgIpc) is 2.89. The predicted molar refractivity (Wildman–Crippen MR) is 88.5 cm³/mol. The minimum absolute atomic E-state index is 0.531. The van der Waals surface area contributed by atoms with Crippen molar-refractivity contribution in [3.8, 4) is 0 Å². The molecule has 2 aliphatic rings. The van der Waals surface area contributed by atoms with E-state index in [2.05, 4.69) is 38.7 Å². The standard InChI is InChI=1S/C15H27N5S/c1-18-10-6-9-13(11-18)19(2)14-16-17-15(21)20(14)12-7-4-3-5-8-12/h12-13H,3-11H2,1-2H3,(H,17,21). The third-order valence-corrected chi connectivity index (χ3v) is 5.38. The van der Waals surface area contributed by atoms with E-state index in [1.54, 1.807) is 0 Å². The van der Waals surface area contributed by atoms with Crippen molar-refractivity contribution in [2.24, 2.45) is 0 Å². The number of nitrogens with zero attached hydrogens (tertiary/aromatic N) is 4. The van der Waals surface area contributed by atoms with E-state index in [9.17, 15) is 0 Å². The zero-order chi connectivity index (χ0) is 14.8. The smallest absolute Gasteiger partial charge is 0.226 e. The van der Waals surface area contributed by atoms with Gasteiger partial charge in [-0.3, -0.25) is 4.57 Å². The van der Waals surface area contributed by atoms with Crippen LogP contribution in [0.1, 0.15) is 51.0 Å². The van der Waals surface area contributed by atoms with Gasteiger partial charge in [-0.2, -0.15) is 0 Å². The van der Waals surface area contributed by atoms with E-state index >= 15 is 0 Å². The lowest BCUT2D eigenvalue weighted by Gasteiger charge is -2.37. The summed E-state index contributed by atoms with van der Waals surface area (Å²) in [7, 11) is 4.38. The van der Waals surface area contributed by atoms with E-state index in [0.29, 0.717) is 12.1 Å². The van der Waals surface area contributed by atoms with E-state index in [1.165, 1.54) is 51.5 Å². The van der Waals surface area contributed by atoms with Gasteiger partial charge in [0.05, 0.1) is 0 Å². The number of H-pyrrole nitrogens is 1. The molecular formula is C15H27N5S. The Bertz CT molecular complexity index is 516. The van der Waals surface area contributed by atoms with Crippen molar-refractivity contribution in [2.75, 3.05) is 32.1 Å². The second-order valence-corrected chi connectivity index (χ2v) is 7.05. The van der Waals surface area contributed by atoms with Crippen LogP contribution in [0.25, 0.3) is 0 Å². The van der Waals surface area contributed by atoms with Crippen molar-refractivity contribution in [3.63, 3.8) is 0 Å². The maximum absolute atomic E-state index is 5.51. The summed E-state index contributed by atoms with van der Waals surface area (Å²) in [5, 5.41) is 7.57. The third kappa shape index (κ3) is 3.16. The highest BCUT2D eigenvalue weighted by Gasteiger charge is 2.27. The van der Waals surface area contributed by atoms with Gasteiger partial charge in [-0.15, -0.1) is 5.10 Å². The fourth-order valence-corrected chi connectivity index (χ4v) is 4.11. The molecule has 1 saturated heterocycles. The monoisotopic (exact) mass is 309 g/mol. The molecule has 3 rings (SSSR count). The Balaban J connectivity index is 1.82. The van der Waals surface area contributed by atoms with E-state index in [-0.39, 0.29) is 0 Å². The van der Waals surface area contributed by atoms with Crippen LogP contribution in [-0.4, -0.2) is 52.9 Å². The molecule has 0 aromatic carbocycles. The predicted octanol–water partition coefficient (Wildman–Crippen LogP) is 2.98. The van der Waals surface area contributed by atoms with Crippen molar-refractivity contribution in [1.82, 2.24) is 19.7 Å². The van der Waals surface area contributed by atoms with Crippen LogP contribution >= 0.6 is 12.2 Å². The van der Waals surface area contributed by atoms with Gasteiger partial charge in [-0.1, -0.05) is 19.3 Å². The lowest BCUT2D eigenvalue weighted by atomic mass is 9.95. The zero-order valence-corrected chi connectivity index (χ0v) is 14.0. The average molecular weight is 309 g/mol. The van der Waals surface area contributed by atoms with Crippen molar-refractivity contribution in [1.29, 1.82) is 0 Å². The molecule has 5 nitrogen and oxygen atoms in total. The number of likely N-dealkylation sites (N-methyl/N-ethyl adjacent to an activating group) is 2. The number of hydrogen-bond donors (Lipinski definition) is 1. The Morgan fingerprint density at radius 2 is 1.95 bits per heavy atom.